The molecule has 0 amide bonds. The van der Waals surface area contributed by atoms with Crippen molar-refractivity contribution in [1.82, 2.24) is 0 Å². The molecule has 1 atom stereocenters. The number of allylic oxidation sites excluding steroid dienone is 1. The van der Waals surface area contributed by atoms with Crippen LogP contribution in [0.2, 0.25) is 0 Å². The number of rotatable bonds is 5. The van der Waals surface area contributed by atoms with E-state index in [0.29, 0.717) is 6.08 Å². The van der Waals surface area contributed by atoms with Crippen LogP contribution in [0.15, 0.2) is 12.7 Å². The fourth-order valence-electron chi connectivity index (χ4n) is 0.938. The third-order valence-corrected chi connectivity index (χ3v) is 1.64. The van der Waals surface area contributed by atoms with Crippen LogP contribution in [-0.2, 0) is 14.3 Å². The van der Waals surface area contributed by atoms with Crippen LogP contribution in [-0.4, -0.2) is 30.2 Å². The van der Waals surface area contributed by atoms with E-state index in [2.05, 4.69) is 11.3 Å². The molecule has 1 unspecified atom stereocenters. The third kappa shape index (κ3) is 3.04. The zero-order chi connectivity index (χ0) is 13.0. The molecule has 0 N–H and O–H groups in total. The molecule has 0 aromatic heterocycles. The summed E-state index contributed by atoms with van der Waals surface area (Å²) in [6.07, 6.45) is -5.81. The van der Waals surface area contributed by atoms with Crippen LogP contribution in [0.25, 0.3) is 0 Å². The van der Waals surface area contributed by atoms with Gasteiger partial charge in [0.15, 0.2) is 0 Å². The van der Waals surface area contributed by atoms with E-state index < -0.39 is 30.0 Å². The highest BCUT2D eigenvalue weighted by atomic mass is 19.4. The van der Waals surface area contributed by atoms with Gasteiger partial charge in [0.1, 0.15) is 0 Å². The Kier molecular flexibility index (Phi) is 4.64. The molecule has 7 heteroatoms. The molecule has 0 saturated carbocycles. The first-order valence-corrected chi connectivity index (χ1v) is 4.28. The molecular weight excluding hydrogens is 232 g/mol. The van der Waals surface area contributed by atoms with Gasteiger partial charge in [0, 0.05) is 6.42 Å². The summed E-state index contributed by atoms with van der Waals surface area (Å²) in [7, 11) is 0. The number of alkyl halides is 4. The topological polar surface area (TPSA) is 43.4 Å². The minimum atomic E-state index is -5.44. The van der Waals surface area contributed by atoms with Gasteiger partial charge in [0.2, 0.25) is 0 Å². The molecule has 0 heterocycles. The Morgan fingerprint density at radius 3 is 2.12 bits per heavy atom. The van der Waals surface area contributed by atoms with Crippen LogP contribution in [0.4, 0.5) is 17.6 Å². The average molecular weight is 242 g/mol. The SMILES string of the molecule is C=CCC(F)(C(=O)OCC)C(=O)C(F)(F)F. The Hall–Kier alpha value is -1.40. The maximum atomic E-state index is 13.6. The van der Waals surface area contributed by atoms with Crippen LogP contribution in [0.5, 0.6) is 0 Å². The van der Waals surface area contributed by atoms with Crippen LogP contribution in [0.1, 0.15) is 13.3 Å². The van der Waals surface area contributed by atoms with Crippen molar-refractivity contribution in [3.63, 3.8) is 0 Å². The predicted molar refractivity (Wildman–Crippen MR) is 46.3 cm³/mol. The van der Waals surface area contributed by atoms with Gasteiger partial charge in [-0.25, -0.2) is 9.18 Å². The van der Waals surface area contributed by atoms with Crippen molar-refractivity contribution in [2.75, 3.05) is 6.61 Å². The number of carbonyl (C=O) groups excluding carboxylic acids is 2. The summed E-state index contributed by atoms with van der Waals surface area (Å²) in [6.45, 7) is 3.94. The van der Waals surface area contributed by atoms with Gasteiger partial charge in [-0.2, -0.15) is 13.2 Å². The van der Waals surface area contributed by atoms with E-state index in [1.54, 1.807) is 0 Å². The van der Waals surface area contributed by atoms with Crippen molar-refractivity contribution in [3.05, 3.63) is 12.7 Å². The van der Waals surface area contributed by atoms with Crippen molar-refractivity contribution in [2.24, 2.45) is 0 Å². The molecular formula is C9H10F4O3. The van der Waals surface area contributed by atoms with Crippen LogP contribution in [0, 0.1) is 0 Å². The van der Waals surface area contributed by atoms with Crippen molar-refractivity contribution in [1.29, 1.82) is 0 Å². The van der Waals surface area contributed by atoms with Crippen molar-refractivity contribution >= 4 is 11.8 Å². The number of hydrogen-bond acceptors (Lipinski definition) is 3. The second-order valence-electron chi connectivity index (χ2n) is 2.84. The number of carbonyl (C=O) groups is 2. The Balaban J connectivity index is 5.18. The molecule has 0 aliphatic heterocycles. The van der Waals surface area contributed by atoms with E-state index in [-0.39, 0.29) is 6.61 Å². The molecule has 0 spiro atoms. The lowest BCUT2D eigenvalue weighted by atomic mass is 9.96. The van der Waals surface area contributed by atoms with Gasteiger partial charge in [0.05, 0.1) is 6.61 Å². The third-order valence-electron chi connectivity index (χ3n) is 1.64. The lowest BCUT2D eigenvalue weighted by Crippen LogP contribution is -2.49. The molecule has 0 radical (unpaired) electrons. The minimum absolute atomic E-state index is 0.327. The van der Waals surface area contributed by atoms with Crippen LogP contribution >= 0.6 is 0 Å². The van der Waals surface area contributed by atoms with Gasteiger partial charge in [-0.05, 0) is 6.92 Å². The maximum absolute atomic E-state index is 13.6. The Morgan fingerprint density at radius 1 is 1.31 bits per heavy atom. The molecule has 16 heavy (non-hydrogen) atoms. The fraction of sp³-hybridized carbons (Fsp3) is 0.556. The first-order valence-electron chi connectivity index (χ1n) is 4.28. The highest BCUT2D eigenvalue weighted by Gasteiger charge is 2.58. The first kappa shape index (κ1) is 14.6. The highest BCUT2D eigenvalue weighted by Crippen LogP contribution is 2.30. The number of ketones is 1. The van der Waals surface area contributed by atoms with Crippen LogP contribution < -0.4 is 0 Å². The summed E-state index contributed by atoms with van der Waals surface area (Å²) in [5.74, 6) is -4.63. The Bertz CT molecular complexity index is 298. The molecule has 0 rings (SSSR count). The summed E-state index contributed by atoms with van der Waals surface area (Å²) in [5.41, 5.74) is -3.74. The van der Waals surface area contributed by atoms with E-state index >= 15 is 0 Å². The lowest BCUT2D eigenvalue weighted by molar-refractivity contribution is -0.191. The van der Waals surface area contributed by atoms with E-state index in [9.17, 15) is 27.2 Å². The Morgan fingerprint density at radius 2 is 1.81 bits per heavy atom. The summed E-state index contributed by atoms with van der Waals surface area (Å²) in [6, 6.07) is 0. The summed E-state index contributed by atoms with van der Waals surface area (Å²) < 4.78 is 53.9. The van der Waals surface area contributed by atoms with E-state index in [4.69, 9.17) is 0 Å². The largest absolute Gasteiger partial charge is 0.463 e. The number of ether oxygens (including phenoxy) is 1. The standard InChI is InChI=1S/C9H10F4O3/c1-3-5-8(10,7(15)16-4-2)6(14)9(11,12)13/h3H,1,4-5H2,2H3. The van der Waals surface area contributed by atoms with E-state index in [1.165, 1.54) is 6.92 Å². The molecule has 0 bridgehead atoms. The molecule has 0 aromatic carbocycles. The van der Waals surface area contributed by atoms with Crippen LogP contribution in [0.3, 0.4) is 0 Å². The zero-order valence-corrected chi connectivity index (χ0v) is 8.44. The summed E-state index contributed by atoms with van der Waals surface area (Å²) in [4.78, 5) is 21.7. The van der Waals surface area contributed by atoms with Gasteiger partial charge in [0.25, 0.3) is 11.5 Å². The average Bonchev–Trinajstić information content (AvgIpc) is 2.15. The molecule has 0 aliphatic rings. The highest BCUT2D eigenvalue weighted by molar-refractivity contribution is 6.09. The molecule has 0 aromatic rings. The quantitative estimate of drug-likeness (QED) is 0.320. The minimum Gasteiger partial charge on any atom is -0.463 e. The molecule has 0 aliphatic carbocycles. The van der Waals surface area contributed by atoms with Crippen molar-refractivity contribution in [2.45, 2.75) is 25.2 Å². The molecule has 92 valence electrons. The normalized spacial score (nSPS) is 15.1. The van der Waals surface area contributed by atoms with Gasteiger partial charge in [-0.15, -0.1) is 6.58 Å². The van der Waals surface area contributed by atoms with Gasteiger partial charge < -0.3 is 4.74 Å². The van der Waals surface area contributed by atoms with Gasteiger partial charge >= 0.3 is 12.1 Å². The molecule has 0 saturated heterocycles. The fourth-order valence-corrected chi connectivity index (χ4v) is 0.938. The monoisotopic (exact) mass is 242 g/mol. The predicted octanol–water partition coefficient (Wildman–Crippen LogP) is 1.97. The maximum Gasteiger partial charge on any atom is 0.454 e. The number of halogens is 4. The van der Waals surface area contributed by atoms with E-state index in [1.807, 2.05) is 0 Å². The van der Waals surface area contributed by atoms with Gasteiger partial charge in [-0.1, -0.05) is 6.08 Å². The number of Topliss-reactive ketones (excluding diaryl/α,β-unsaturated/α-hetero) is 1. The number of hydrogen-bond donors (Lipinski definition) is 0. The summed E-state index contributed by atoms with van der Waals surface area (Å²) in [5, 5.41) is 0. The smallest absolute Gasteiger partial charge is 0.454 e. The summed E-state index contributed by atoms with van der Waals surface area (Å²) >= 11 is 0. The Labute approximate surface area is 89.1 Å². The van der Waals surface area contributed by atoms with Crippen molar-refractivity contribution < 1.29 is 31.9 Å². The van der Waals surface area contributed by atoms with Crippen molar-refractivity contribution in [3.8, 4) is 0 Å². The van der Waals surface area contributed by atoms with Gasteiger partial charge in [-0.3, -0.25) is 4.79 Å². The zero-order valence-electron chi connectivity index (χ0n) is 8.44. The molecule has 0 fully saturated rings. The molecule has 3 nitrogen and oxygen atoms in total. The number of esters is 1. The lowest BCUT2D eigenvalue weighted by Gasteiger charge is -2.21. The second-order valence-corrected chi connectivity index (χ2v) is 2.84. The first-order chi connectivity index (χ1) is 7.20. The van der Waals surface area contributed by atoms with E-state index in [0.717, 1.165) is 0 Å². The second kappa shape index (κ2) is 5.09.